The molecule has 0 fully saturated rings. The molecule has 0 radical (unpaired) electrons. The Morgan fingerprint density at radius 2 is 1.12 bits per heavy atom. The van der Waals surface area contributed by atoms with E-state index in [9.17, 15) is 0 Å². The van der Waals surface area contributed by atoms with E-state index >= 15 is 0 Å². The van der Waals surface area contributed by atoms with Crippen LogP contribution in [0.25, 0.3) is 87.0 Å². The third-order valence-electron chi connectivity index (χ3n) is 8.30. The van der Waals surface area contributed by atoms with Crippen molar-refractivity contribution < 1.29 is 0 Å². The van der Waals surface area contributed by atoms with Crippen LogP contribution in [-0.2, 0) is 0 Å². The van der Waals surface area contributed by atoms with Gasteiger partial charge in [-0.05, 0) is 69.3 Å². The molecule has 41 heavy (non-hydrogen) atoms. The van der Waals surface area contributed by atoms with E-state index < -0.39 is 0 Å². The Hall–Kier alpha value is -5.12. The third-order valence-corrected chi connectivity index (χ3v) is 9.52. The number of hydrogen-bond acceptors (Lipinski definition) is 3. The maximum absolute atomic E-state index is 5.25. The van der Waals surface area contributed by atoms with E-state index in [0.717, 1.165) is 27.9 Å². The van der Waals surface area contributed by atoms with Crippen molar-refractivity contribution in [3.05, 3.63) is 134 Å². The first-order chi connectivity index (χ1) is 20.3. The Bertz CT molecular complexity index is 2330. The smallest absolute Gasteiger partial charge is 0.159 e. The molecule has 0 spiro atoms. The molecule has 8 aromatic rings. The van der Waals surface area contributed by atoms with Crippen LogP contribution in [0.15, 0.2) is 134 Å². The van der Waals surface area contributed by atoms with Crippen LogP contribution in [0.5, 0.6) is 0 Å². The van der Waals surface area contributed by atoms with Gasteiger partial charge < -0.3 is 0 Å². The Kier molecular flexibility index (Phi) is 4.80. The zero-order valence-electron chi connectivity index (χ0n) is 22.0. The summed E-state index contributed by atoms with van der Waals surface area (Å²) in [5, 5.41) is 3.67. The fraction of sp³-hybridized carbons (Fsp3) is 0. The summed E-state index contributed by atoms with van der Waals surface area (Å²) in [7, 11) is 0. The standard InChI is InChI=1S/C38H22N2S/c1-2-12-28-26(10-1)27-11-3-4-13-29(27)34-22-24-9-8-20-39-38(24)40-36(34)33-21-23(18-19-30(28)33)25-15-7-16-32-31-14-5-6-17-35(31)41-37(25)32/h1-22H. The Morgan fingerprint density at radius 3 is 1.93 bits per heavy atom. The number of pyridine rings is 2. The summed E-state index contributed by atoms with van der Waals surface area (Å²) in [6.07, 6.45) is 1.83. The van der Waals surface area contributed by atoms with Gasteiger partial charge in [0.1, 0.15) is 0 Å². The normalized spacial score (nSPS) is 11.9. The molecule has 0 atom stereocenters. The van der Waals surface area contributed by atoms with Gasteiger partial charge in [0.2, 0.25) is 0 Å². The number of thiophene rings is 1. The van der Waals surface area contributed by atoms with Crippen LogP contribution in [0.3, 0.4) is 0 Å². The van der Waals surface area contributed by atoms with E-state index in [1.54, 1.807) is 0 Å². The summed E-state index contributed by atoms with van der Waals surface area (Å²) in [6.45, 7) is 0. The fourth-order valence-electron chi connectivity index (χ4n) is 6.44. The van der Waals surface area contributed by atoms with Crippen LogP contribution in [0, 0.1) is 0 Å². The second kappa shape index (κ2) is 8.69. The lowest BCUT2D eigenvalue weighted by Gasteiger charge is -2.23. The van der Waals surface area contributed by atoms with Crippen LogP contribution in [0.1, 0.15) is 0 Å². The van der Waals surface area contributed by atoms with Crippen LogP contribution < -0.4 is 0 Å². The molecule has 9 rings (SSSR count). The molecular formula is C38H22N2S. The lowest BCUT2D eigenvalue weighted by molar-refractivity contribution is 1.29. The highest BCUT2D eigenvalue weighted by atomic mass is 32.1. The average Bonchev–Trinajstić information content (AvgIpc) is 3.42. The molecule has 0 aliphatic heterocycles. The maximum Gasteiger partial charge on any atom is 0.159 e. The van der Waals surface area contributed by atoms with Gasteiger partial charge in [-0.25, -0.2) is 9.97 Å². The zero-order chi connectivity index (χ0) is 26.9. The molecule has 5 aromatic carbocycles. The highest BCUT2D eigenvalue weighted by Crippen LogP contribution is 2.49. The van der Waals surface area contributed by atoms with Crippen molar-refractivity contribution in [2.24, 2.45) is 0 Å². The molecule has 0 saturated carbocycles. The van der Waals surface area contributed by atoms with E-state index in [0.29, 0.717) is 0 Å². The number of fused-ring (bicyclic) bond motifs is 12. The van der Waals surface area contributed by atoms with Gasteiger partial charge in [-0.15, -0.1) is 11.3 Å². The van der Waals surface area contributed by atoms with Crippen molar-refractivity contribution in [1.82, 2.24) is 9.97 Å². The molecule has 190 valence electrons. The van der Waals surface area contributed by atoms with Crippen molar-refractivity contribution in [3.63, 3.8) is 0 Å². The van der Waals surface area contributed by atoms with Gasteiger partial charge in [0.15, 0.2) is 5.65 Å². The van der Waals surface area contributed by atoms with Gasteiger partial charge in [-0.3, -0.25) is 0 Å². The Balaban J connectivity index is 1.40. The van der Waals surface area contributed by atoms with Gasteiger partial charge >= 0.3 is 0 Å². The minimum atomic E-state index is 0.764. The molecule has 0 amide bonds. The Morgan fingerprint density at radius 1 is 0.463 bits per heavy atom. The second-order valence-electron chi connectivity index (χ2n) is 10.6. The first-order valence-corrected chi connectivity index (χ1v) is 14.7. The van der Waals surface area contributed by atoms with E-state index in [2.05, 4.69) is 126 Å². The molecule has 3 aromatic heterocycles. The van der Waals surface area contributed by atoms with E-state index in [4.69, 9.17) is 4.98 Å². The molecule has 0 unspecified atom stereocenters. The van der Waals surface area contributed by atoms with E-state index in [1.807, 2.05) is 23.6 Å². The summed E-state index contributed by atoms with van der Waals surface area (Å²) in [5.74, 6) is 0. The predicted molar refractivity (Wildman–Crippen MR) is 173 cm³/mol. The van der Waals surface area contributed by atoms with Crippen LogP contribution in [-0.4, -0.2) is 9.97 Å². The molecule has 2 nitrogen and oxygen atoms in total. The predicted octanol–water partition coefficient (Wildman–Crippen LogP) is 10.6. The summed E-state index contributed by atoms with van der Waals surface area (Å²) in [4.78, 5) is 9.91. The molecular weight excluding hydrogens is 516 g/mol. The van der Waals surface area contributed by atoms with Gasteiger partial charge in [0.05, 0.1) is 5.69 Å². The number of hydrogen-bond donors (Lipinski definition) is 0. The van der Waals surface area contributed by atoms with Crippen LogP contribution in [0.4, 0.5) is 0 Å². The monoisotopic (exact) mass is 538 g/mol. The SMILES string of the molecule is c1ccc2c(c1)-c1ccccc1-c1cc3cccnc3nc1-c1cc(-c3cccc4c3sc3ccccc34)ccc1-2. The number of nitrogens with zero attached hydrogens (tertiary/aromatic N) is 2. The number of aromatic nitrogens is 2. The second-order valence-corrected chi connectivity index (χ2v) is 11.6. The van der Waals surface area contributed by atoms with Crippen molar-refractivity contribution in [2.45, 2.75) is 0 Å². The summed E-state index contributed by atoms with van der Waals surface area (Å²) < 4.78 is 2.63. The number of rotatable bonds is 1. The summed E-state index contributed by atoms with van der Waals surface area (Å²) in [5.41, 5.74) is 12.5. The van der Waals surface area contributed by atoms with Gasteiger partial charge in [-0.2, -0.15) is 0 Å². The largest absolute Gasteiger partial charge is 0.237 e. The first-order valence-electron chi connectivity index (χ1n) is 13.8. The highest BCUT2D eigenvalue weighted by molar-refractivity contribution is 7.26. The topological polar surface area (TPSA) is 25.8 Å². The lowest BCUT2D eigenvalue weighted by atomic mass is 9.81. The Labute approximate surface area is 241 Å². The molecule has 1 aliphatic carbocycles. The summed E-state index contributed by atoms with van der Waals surface area (Å²) in [6, 6.07) is 46.1. The minimum absolute atomic E-state index is 0.764. The first kappa shape index (κ1) is 22.7. The van der Waals surface area contributed by atoms with Gasteiger partial charge in [0, 0.05) is 42.9 Å². The molecule has 3 heteroatoms. The van der Waals surface area contributed by atoms with Crippen molar-refractivity contribution >= 4 is 42.5 Å². The van der Waals surface area contributed by atoms with Crippen LogP contribution in [0.2, 0.25) is 0 Å². The fourth-order valence-corrected chi connectivity index (χ4v) is 7.68. The minimum Gasteiger partial charge on any atom is -0.237 e. The van der Waals surface area contributed by atoms with Crippen molar-refractivity contribution in [2.75, 3.05) is 0 Å². The number of benzene rings is 5. The quantitative estimate of drug-likeness (QED) is 0.208. The molecule has 0 saturated heterocycles. The summed E-state index contributed by atoms with van der Waals surface area (Å²) >= 11 is 1.87. The maximum atomic E-state index is 5.25. The molecule has 3 heterocycles. The van der Waals surface area contributed by atoms with Gasteiger partial charge in [-0.1, -0.05) is 97.1 Å². The van der Waals surface area contributed by atoms with Gasteiger partial charge in [0.25, 0.3) is 0 Å². The van der Waals surface area contributed by atoms with Crippen LogP contribution >= 0.6 is 11.3 Å². The molecule has 0 bridgehead atoms. The van der Waals surface area contributed by atoms with Crippen molar-refractivity contribution in [1.29, 1.82) is 0 Å². The highest BCUT2D eigenvalue weighted by Gasteiger charge is 2.24. The zero-order valence-corrected chi connectivity index (χ0v) is 22.8. The van der Waals surface area contributed by atoms with E-state index in [-0.39, 0.29) is 0 Å². The average molecular weight is 539 g/mol. The van der Waals surface area contributed by atoms with Crippen molar-refractivity contribution in [3.8, 4) is 55.8 Å². The lowest BCUT2D eigenvalue weighted by Crippen LogP contribution is -2.00. The molecule has 1 aliphatic rings. The third kappa shape index (κ3) is 3.36. The van der Waals surface area contributed by atoms with E-state index in [1.165, 1.54) is 59.1 Å². The molecule has 0 N–H and O–H groups in total.